The Kier molecular flexibility index (Phi) is 4.46. The van der Waals surface area contributed by atoms with Crippen molar-refractivity contribution >= 4 is 22.5 Å². The lowest BCUT2D eigenvalue weighted by atomic mass is 10.1. The van der Waals surface area contributed by atoms with Crippen molar-refractivity contribution in [2.24, 2.45) is 0 Å². The molecule has 106 valence electrons. The molecule has 2 aromatic rings. The molecule has 0 radical (unpaired) electrons. The van der Waals surface area contributed by atoms with E-state index in [0.29, 0.717) is 10.7 Å². The molecule has 2 rings (SSSR count). The molecule has 8 heteroatoms. The van der Waals surface area contributed by atoms with Gasteiger partial charge in [-0.3, -0.25) is 5.32 Å². The number of aromatic nitrogens is 2. The topological polar surface area (TPSA) is 76.1 Å². The van der Waals surface area contributed by atoms with Gasteiger partial charge in [0, 0.05) is 0 Å². The van der Waals surface area contributed by atoms with E-state index >= 15 is 0 Å². The first-order valence-electron chi connectivity index (χ1n) is 5.77. The van der Waals surface area contributed by atoms with Crippen molar-refractivity contribution in [3.8, 4) is 5.75 Å². The third-order valence-corrected chi connectivity index (χ3v) is 3.21. The zero-order valence-corrected chi connectivity index (χ0v) is 11.7. The lowest BCUT2D eigenvalue weighted by Gasteiger charge is -2.15. The molecule has 1 heterocycles. The van der Waals surface area contributed by atoms with Crippen LogP contribution in [0.1, 0.15) is 18.5 Å². The highest BCUT2D eigenvalue weighted by Crippen LogP contribution is 2.21. The van der Waals surface area contributed by atoms with Gasteiger partial charge in [0.2, 0.25) is 5.13 Å². The maximum atomic E-state index is 13.6. The van der Waals surface area contributed by atoms with E-state index in [1.54, 1.807) is 13.0 Å². The fraction of sp³-hybridized carbons (Fsp3) is 0.250. The molecule has 20 heavy (non-hydrogen) atoms. The average molecular weight is 296 g/mol. The zero-order chi connectivity index (χ0) is 14.5. The van der Waals surface area contributed by atoms with Crippen molar-refractivity contribution in [2.75, 3.05) is 12.4 Å². The molecule has 0 aliphatic rings. The van der Waals surface area contributed by atoms with Crippen LogP contribution < -0.4 is 15.4 Å². The van der Waals surface area contributed by atoms with E-state index in [2.05, 4.69) is 20.8 Å². The zero-order valence-electron chi connectivity index (χ0n) is 10.9. The quantitative estimate of drug-likeness (QED) is 0.909. The molecular formula is C12H13FN4O2S. The van der Waals surface area contributed by atoms with Gasteiger partial charge in [-0.15, -0.1) is 10.2 Å². The van der Waals surface area contributed by atoms with Crippen molar-refractivity contribution in [2.45, 2.75) is 13.0 Å². The summed E-state index contributed by atoms with van der Waals surface area (Å²) in [5, 5.41) is 12.9. The number of halogens is 1. The summed E-state index contributed by atoms with van der Waals surface area (Å²) in [6, 6.07) is 3.76. The highest BCUT2D eigenvalue weighted by molar-refractivity contribution is 7.13. The SMILES string of the molecule is COc1ccc([C@H](C)NC(=O)Nc2nncs2)cc1F. The molecule has 1 atom stereocenters. The van der Waals surface area contributed by atoms with Crippen LogP contribution in [0, 0.1) is 5.82 Å². The van der Waals surface area contributed by atoms with Gasteiger partial charge in [0.15, 0.2) is 11.6 Å². The summed E-state index contributed by atoms with van der Waals surface area (Å²) >= 11 is 1.21. The van der Waals surface area contributed by atoms with Crippen molar-refractivity contribution in [3.63, 3.8) is 0 Å². The largest absolute Gasteiger partial charge is 0.494 e. The van der Waals surface area contributed by atoms with E-state index in [9.17, 15) is 9.18 Å². The lowest BCUT2D eigenvalue weighted by Crippen LogP contribution is -2.31. The van der Waals surface area contributed by atoms with Crippen molar-refractivity contribution in [1.29, 1.82) is 0 Å². The molecule has 1 aromatic heterocycles. The van der Waals surface area contributed by atoms with Gasteiger partial charge in [0.05, 0.1) is 13.2 Å². The first kappa shape index (κ1) is 14.2. The van der Waals surface area contributed by atoms with Gasteiger partial charge in [-0.05, 0) is 24.6 Å². The Hall–Kier alpha value is -2.22. The Morgan fingerprint density at radius 1 is 1.50 bits per heavy atom. The van der Waals surface area contributed by atoms with Gasteiger partial charge >= 0.3 is 6.03 Å². The summed E-state index contributed by atoms with van der Waals surface area (Å²) in [6.07, 6.45) is 0. The summed E-state index contributed by atoms with van der Waals surface area (Å²) in [5.74, 6) is -0.303. The first-order chi connectivity index (χ1) is 9.60. The van der Waals surface area contributed by atoms with E-state index in [4.69, 9.17) is 4.74 Å². The molecule has 2 N–H and O–H groups in total. The summed E-state index contributed by atoms with van der Waals surface area (Å²) in [4.78, 5) is 11.7. The van der Waals surface area contributed by atoms with Gasteiger partial charge in [-0.2, -0.15) is 0 Å². The number of hydrogen-bond acceptors (Lipinski definition) is 5. The fourth-order valence-corrected chi connectivity index (χ4v) is 2.03. The van der Waals surface area contributed by atoms with Crippen molar-refractivity contribution in [1.82, 2.24) is 15.5 Å². The molecule has 0 aliphatic carbocycles. The Morgan fingerprint density at radius 3 is 2.90 bits per heavy atom. The summed E-state index contributed by atoms with van der Waals surface area (Å²) in [6.45, 7) is 1.75. The summed E-state index contributed by atoms with van der Waals surface area (Å²) in [7, 11) is 1.40. The van der Waals surface area contributed by atoms with Gasteiger partial charge in [-0.25, -0.2) is 9.18 Å². The smallest absolute Gasteiger partial charge is 0.321 e. The third-order valence-electron chi connectivity index (χ3n) is 2.60. The number of benzene rings is 1. The predicted octanol–water partition coefficient (Wildman–Crippen LogP) is 2.57. The minimum Gasteiger partial charge on any atom is -0.494 e. The van der Waals surface area contributed by atoms with Gasteiger partial charge in [-0.1, -0.05) is 17.4 Å². The van der Waals surface area contributed by atoms with Gasteiger partial charge in [0.1, 0.15) is 5.51 Å². The number of carbonyl (C=O) groups is 1. The molecule has 0 bridgehead atoms. The van der Waals surface area contributed by atoms with Crippen LogP contribution in [0.25, 0.3) is 0 Å². The number of hydrogen-bond donors (Lipinski definition) is 2. The summed E-state index contributed by atoms with van der Waals surface area (Å²) in [5.41, 5.74) is 2.15. The Bertz CT molecular complexity index is 591. The highest BCUT2D eigenvalue weighted by Gasteiger charge is 2.13. The number of ether oxygens (including phenoxy) is 1. The molecule has 0 spiro atoms. The first-order valence-corrected chi connectivity index (χ1v) is 6.65. The molecule has 0 saturated heterocycles. The number of nitrogens with one attached hydrogen (secondary N) is 2. The number of nitrogens with zero attached hydrogens (tertiary/aromatic N) is 2. The number of methoxy groups -OCH3 is 1. The van der Waals surface area contributed by atoms with Crippen LogP contribution in [0.3, 0.4) is 0 Å². The molecule has 0 aliphatic heterocycles. The van der Waals surface area contributed by atoms with Crippen molar-refractivity contribution < 1.29 is 13.9 Å². The maximum absolute atomic E-state index is 13.6. The van der Waals surface area contributed by atoms with Crippen LogP contribution in [0.2, 0.25) is 0 Å². The second-order valence-electron chi connectivity index (χ2n) is 3.96. The van der Waals surface area contributed by atoms with Crippen LogP contribution in [0.15, 0.2) is 23.7 Å². The van der Waals surface area contributed by atoms with Gasteiger partial charge in [0.25, 0.3) is 0 Å². The number of urea groups is 1. The van der Waals surface area contributed by atoms with Crippen LogP contribution in [0.4, 0.5) is 14.3 Å². The predicted molar refractivity (Wildman–Crippen MR) is 73.4 cm³/mol. The second kappa shape index (κ2) is 6.29. The minimum atomic E-state index is -0.469. The highest BCUT2D eigenvalue weighted by atomic mass is 32.1. The van der Waals surface area contributed by atoms with Crippen LogP contribution in [-0.4, -0.2) is 23.3 Å². The standard InChI is InChI=1S/C12H13FN4O2S/c1-7(8-3-4-10(19-2)9(13)5-8)15-11(18)16-12-17-14-6-20-12/h3-7H,1-2H3,(H2,15,16,17,18)/t7-/m0/s1. The van der Waals surface area contributed by atoms with E-state index in [1.807, 2.05) is 0 Å². The molecule has 0 saturated carbocycles. The number of rotatable bonds is 4. The van der Waals surface area contributed by atoms with Crippen LogP contribution in [-0.2, 0) is 0 Å². The fourth-order valence-electron chi connectivity index (χ4n) is 1.59. The molecule has 1 aromatic carbocycles. The van der Waals surface area contributed by atoms with Crippen molar-refractivity contribution in [3.05, 3.63) is 35.1 Å². The van der Waals surface area contributed by atoms with Crippen LogP contribution >= 0.6 is 11.3 Å². The molecule has 0 unspecified atom stereocenters. The normalized spacial score (nSPS) is 11.8. The second-order valence-corrected chi connectivity index (χ2v) is 4.79. The van der Waals surface area contributed by atoms with E-state index in [0.717, 1.165) is 0 Å². The van der Waals surface area contributed by atoms with E-state index in [-0.39, 0.29) is 11.8 Å². The lowest BCUT2D eigenvalue weighted by molar-refractivity contribution is 0.249. The number of carbonyl (C=O) groups excluding carboxylic acids is 1. The van der Waals surface area contributed by atoms with Gasteiger partial charge < -0.3 is 10.1 Å². The Labute approximate surface area is 119 Å². The molecular weight excluding hydrogens is 283 g/mol. The van der Waals surface area contributed by atoms with E-state index in [1.165, 1.54) is 36.1 Å². The molecule has 2 amide bonds. The Morgan fingerprint density at radius 2 is 2.30 bits per heavy atom. The molecule has 6 nitrogen and oxygen atoms in total. The summed E-state index contributed by atoms with van der Waals surface area (Å²) < 4.78 is 18.4. The molecule has 0 fully saturated rings. The monoisotopic (exact) mass is 296 g/mol. The number of amides is 2. The van der Waals surface area contributed by atoms with E-state index < -0.39 is 11.8 Å². The number of anilines is 1. The third kappa shape index (κ3) is 3.41. The van der Waals surface area contributed by atoms with Crippen LogP contribution in [0.5, 0.6) is 5.75 Å². The maximum Gasteiger partial charge on any atom is 0.321 e. The minimum absolute atomic E-state index is 0.166. The average Bonchev–Trinajstić information content (AvgIpc) is 2.91. The Balaban J connectivity index is 1.99.